The van der Waals surface area contributed by atoms with E-state index in [1.165, 1.54) is 17.3 Å². The van der Waals surface area contributed by atoms with Crippen LogP contribution in [0.5, 0.6) is 0 Å². The van der Waals surface area contributed by atoms with E-state index in [-0.39, 0.29) is 23.3 Å². The van der Waals surface area contributed by atoms with Crippen molar-refractivity contribution >= 4 is 28.6 Å². The average Bonchev–Trinajstić information content (AvgIpc) is 3.59. The summed E-state index contributed by atoms with van der Waals surface area (Å²) in [7, 11) is 0. The molecular formula is C24H27N3O2S. The Morgan fingerprint density at radius 3 is 2.63 bits per heavy atom. The molecule has 4 rings (SSSR count). The predicted molar refractivity (Wildman–Crippen MR) is 122 cm³/mol. The molecular weight excluding hydrogens is 394 g/mol. The first kappa shape index (κ1) is 20.7. The second-order valence-electron chi connectivity index (χ2n) is 7.95. The van der Waals surface area contributed by atoms with Crippen molar-refractivity contribution in [2.24, 2.45) is 5.92 Å². The molecule has 0 bridgehead atoms. The maximum Gasteiger partial charge on any atom is 0.262 e. The van der Waals surface area contributed by atoms with Crippen LogP contribution in [0.1, 0.15) is 43.4 Å². The smallest absolute Gasteiger partial charge is 0.262 e. The van der Waals surface area contributed by atoms with E-state index < -0.39 is 0 Å². The number of nitrogens with zero attached hydrogens (tertiary/aromatic N) is 2. The first-order valence-corrected chi connectivity index (χ1v) is 11.5. The van der Waals surface area contributed by atoms with Gasteiger partial charge in [0.15, 0.2) is 5.16 Å². The Bertz CT molecular complexity index is 1100. The van der Waals surface area contributed by atoms with E-state index in [0.29, 0.717) is 28.5 Å². The quantitative estimate of drug-likeness (QED) is 0.430. The number of benzene rings is 2. The summed E-state index contributed by atoms with van der Waals surface area (Å²) in [4.78, 5) is 30.3. The lowest BCUT2D eigenvalue weighted by Gasteiger charge is -2.19. The molecule has 0 aliphatic heterocycles. The zero-order valence-electron chi connectivity index (χ0n) is 17.4. The van der Waals surface area contributed by atoms with Gasteiger partial charge in [0.25, 0.3) is 5.56 Å². The Labute approximate surface area is 180 Å². The Balaban J connectivity index is 1.50. The van der Waals surface area contributed by atoms with Crippen molar-refractivity contribution < 1.29 is 4.79 Å². The van der Waals surface area contributed by atoms with E-state index in [9.17, 15) is 9.59 Å². The lowest BCUT2D eigenvalue weighted by Crippen LogP contribution is -2.31. The van der Waals surface area contributed by atoms with E-state index >= 15 is 0 Å². The van der Waals surface area contributed by atoms with Gasteiger partial charge in [0, 0.05) is 6.54 Å². The minimum absolute atomic E-state index is 0.0251. The second-order valence-corrected chi connectivity index (χ2v) is 8.89. The zero-order valence-corrected chi connectivity index (χ0v) is 18.2. The topological polar surface area (TPSA) is 64.0 Å². The van der Waals surface area contributed by atoms with Crippen LogP contribution in [-0.2, 0) is 11.3 Å². The molecule has 1 aromatic heterocycles. The molecule has 2 aromatic carbocycles. The molecule has 5 nitrogen and oxygen atoms in total. The molecule has 0 saturated heterocycles. The van der Waals surface area contributed by atoms with Gasteiger partial charge in [0.1, 0.15) is 0 Å². The van der Waals surface area contributed by atoms with E-state index in [1.807, 2.05) is 25.1 Å². The number of carbonyl (C=O) groups is 1. The van der Waals surface area contributed by atoms with Gasteiger partial charge in [0.2, 0.25) is 5.91 Å². The standard InChI is InChI=1S/C24H27N3O2S/c1-3-14-27-23(29)19-6-4-5-7-20(19)25-24(27)30-15-21(28)26-22(18-12-13-18)17-10-8-16(2)9-11-17/h4-11,18,22H,3,12-15H2,1-2H3,(H,26,28). The number of para-hydroxylation sites is 1. The van der Waals surface area contributed by atoms with Crippen LogP contribution in [-0.4, -0.2) is 21.2 Å². The molecule has 1 fully saturated rings. The maximum atomic E-state index is 12.9. The lowest BCUT2D eigenvalue weighted by atomic mass is 10.0. The van der Waals surface area contributed by atoms with Crippen molar-refractivity contribution in [3.05, 3.63) is 70.0 Å². The summed E-state index contributed by atoms with van der Waals surface area (Å²) < 4.78 is 1.69. The Morgan fingerprint density at radius 1 is 1.20 bits per heavy atom. The number of hydrogen-bond acceptors (Lipinski definition) is 4. The highest BCUT2D eigenvalue weighted by atomic mass is 32.2. The number of aryl methyl sites for hydroxylation is 1. The fourth-order valence-electron chi connectivity index (χ4n) is 3.70. The van der Waals surface area contributed by atoms with Crippen LogP contribution >= 0.6 is 11.8 Å². The largest absolute Gasteiger partial charge is 0.348 e. The molecule has 1 unspecified atom stereocenters. The van der Waals surface area contributed by atoms with Crippen LogP contribution in [0.3, 0.4) is 0 Å². The van der Waals surface area contributed by atoms with Crippen LogP contribution in [0.2, 0.25) is 0 Å². The van der Waals surface area contributed by atoms with Gasteiger partial charge in [-0.15, -0.1) is 0 Å². The van der Waals surface area contributed by atoms with Crippen molar-refractivity contribution in [3.8, 4) is 0 Å². The van der Waals surface area contributed by atoms with Crippen LogP contribution in [0.25, 0.3) is 10.9 Å². The van der Waals surface area contributed by atoms with Crippen molar-refractivity contribution in [2.75, 3.05) is 5.75 Å². The molecule has 1 heterocycles. The molecule has 1 amide bonds. The van der Waals surface area contributed by atoms with Crippen molar-refractivity contribution in [1.29, 1.82) is 0 Å². The minimum Gasteiger partial charge on any atom is -0.348 e. The minimum atomic E-state index is -0.0409. The summed E-state index contributed by atoms with van der Waals surface area (Å²) in [6.07, 6.45) is 3.12. The average molecular weight is 422 g/mol. The highest BCUT2D eigenvalue weighted by molar-refractivity contribution is 7.99. The number of hydrogen-bond donors (Lipinski definition) is 1. The first-order chi connectivity index (χ1) is 14.6. The molecule has 0 radical (unpaired) electrons. The van der Waals surface area contributed by atoms with Crippen molar-refractivity contribution in [1.82, 2.24) is 14.9 Å². The van der Waals surface area contributed by atoms with E-state index in [4.69, 9.17) is 0 Å². The first-order valence-electron chi connectivity index (χ1n) is 10.5. The van der Waals surface area contributed by atoms with Crippen molar-refractivity contribution in [2.45, 2.75) is 50.9 Å². The fourth-order valence-corrected chi connectivity index (χ4v) is 4.54. The zero-order chi connectivity index (χ0) is 21.1. The molecule has 1 aliphatic rings. The fraction of sp³-hybridized carbons (Fsp3) is 0.375. The van der Waals surface area contributed by atoms with Crippen LogP contribution in [0.4, 0.5) is 0 Å². The third kappa shape index (κ3) is 4.59. The number of amides is 1. The summed E-state index contributed by atoms with van der Waals surface area (Å²) in [5, 5.41) is 4.44. The van der Waals surface area contributed by atoms with Gasteiger partial charge in [0.05, 0.1) is 22.7 Å². The van der Waals surface area contributed by atoms with Crippen molar-refractivity contribution in [3.63, 3.8) is 0 Å². The monoisotopic (exact) mass is 421 g/mol. The van der Waals surface area contributed by atoms with Crippen LogP contribution in [0.15, 0.2) is 58.5 Å². The normalized spacial score (nSPS) is 14.6. The van der Waals surface area contributed by atoms with E-state index in [2.05, 4.69) is 41.5 Å². The molecule has 1 atom stereocenters. The number of rotatable bonds is 8. The highest BCUT2D eigenvalue weighted by Gasteiger charge is 2.33. The van der Waals surface area contributed by atoms with Gasteiger partial charge >= 0.3 is 0 Å². The van der Waals surface area contributed by atoms with Gasteiger partial charge in [-0.2, -0.15) is 0 Å². The highest BCUT2D eigenvalue weighted by Crippen LogP contribution is 2.41. The summed E-state index contributed by atoms with van der Waals surface area (Å²) in [6, 6.07) is 15.8. The predicted octanol–water partition coefficient (Wildman–Crippen LogP) is 4.47. The Kier molecular flexibility index (Phi) is 6.23. The SMILES string of the molecule is CCCn1c(SCC(=O)NC(c2ccc(C)cc2)C2CC2)nc2ccccc2c1=O. The van der Waals surface area contributed by atoms with Gasteiger partial charge in [-0.3, -0.25) is 14.2 Å². The summed E-state index contributed by atoms with van der Waals surface area (Å²) in [6.45, 7) is 4.69. The number of aromatic nitrogens is 2. The molecule has 1 N–H and O–H groups in total. The van der Waals surface area contributed by atoms with E-state index in [0.717, 1.165) is 24.8 Å². The lowest BCUT2D eigenvalue weighted by molar-refractivity contribution is -0.119. The molecule has 1 saturated carbocycles. The summed E-state index contributed by atoms with van der Waals surface area (Å²) >= 11 is 1.34. The summed E-state index contributed by atoms with van der Waals surface area (Å²) in [5.41, 5.74) is 3.01. The van der Waals surface area contributed by atoms with Crippen LogP contribution in [0, 0.1) is 12.8 Å². The van der Waals surface area contributed by atoms with Gasteiger partial charge in [-0.05, 0) is 49.8 Å². The number of fused-ring (bicyclic) bond motifs is 1. The molecule has 1 aliphatic carbocycles. The maximum absolute atomic E-state index is 12.9. The van der Waals surface area contributed by atoms with Gasteiger partial charge in [-0.25, -0.2) is 4.98 Å². The van der Waals surface area contributed by atoms with Crippen LogP contribution < -0.4 is 10.9 Å². The summed E-state index contributed by atoms with van der Waals surface area (Å²) in [5.74, 6) is 0.727. The van der Waals surface area contributed by atoms with Gasteiger partial charge < -0.3 is 5.32 Å². The Morgan fingerprint density at radius 2 is 1.93 bits per heavy atom. The number of carbonyl (C=O) groups excluding carboxylic acids is 1. The van der Waals surface area contributed by atoms with Gasteiger partial charge in [-0.1, -0.05) is 60.6 Å². The third-order valence-electron chi connectivity index (χ3n) is 5.45. The molecule has 6 heteroatoms. The second kappa shape index (κ2) is 9.04. The third-order valence-corrected chi connectivity index (χ3v) is 6.43. The molecule has 3 aromatic rings. The van der Waals surface area contributed by atoms with E-state index in [1.54, 1.807) is 10.6 Å². The molecule has 30 heavy (non-hydrogen) atoms. The number of thioether (sulfide) groups is 1. The number of nitrogens with one attached hydrogen (secondary N) is 1. The molecule has 156 valence electrons. The molecule has 0 spiro atoms. The Hall–Kier alpha value is -2.60.